The van der Waals surface area contributed by atoms with Gasteiger partial charge in [-0.05, 0) is 6.92 Å². The van der Waals surface area contributed by atoms with E-state index in [1.54, 1.807) is 11.6 Å². The lowest BCUT2D eigenvalue weighted by Crippen LogP contribution is -2.40. The zero-order valence-corrected chi connectivity index (χ0v) is 13.4. The summed E-state index contributed by atoms with van der Waals surface area (Å²) in [6, 6.07) is 0. The molecule has 0 aliphatic rings. The van der Waals surface area contributed by atoms with Gasteiger partial charge >= 0.3 is 5.69 Å². The highest BCUT2D eigenvalue weighted by Crippen LogP contribution is 2.12. The molecule has 0 bridgehead atoms. The van der Waals surface area contributed by atoms with E-state index in [-0.39, 0.29) is 12.5 Å². The molecule has 8 heteroatoms. The molecular formula is C12H20N4O3Si. The van der Waals surface area contributed by atoms with Gasteiger partial charge in [-0.25, -0.2) is 9.78 Å². The van der Waals surface area contributed by atoms with Crippen LogP contribution in [0.4, 0.5) is 0 Å². The van der Waals surface area contributed by atoms with E-state index in [1.807, 2.05) is 6.92 Å². The van der Waals surface area contributed by atoms with Crippen LogP contribution in [-0.4, -0.2) is 32.9 Å². The number of hydrogen-bond acceptors (Lipinski definition) is 4. The number of aromatic amines is 1. The van der Waals surface area contributed by atoms with Crippen LogP contribution in [-0.2, 0) is 18.5 Å². The molecule has 0 fully saturated rings. The van der Waals surface area contributed by atoms with Crippen molar-refractivity contribution in [2.24, 2.45) is 7.05 Å². The summed E-state index contributed by atoms with van der Waals surface area (Å²) in [6.45, 7) is 8.70. The summed E-state index contributed by atoms with van der Waals surface area (Å²) < 4.78 is 8.73. The van der Waals surface area contributed by atoms with Gasteiger partial charge in [-0.3, -0.25) is 14.3 Å². The van der Waals surface area contributed by atoms with E-state index >= 15 is 0 Å². The van der Waals surface area contributed by atoms with E-state index in [2.05, 4.69) is 29.6 Å². The number of nitrogens with zero attached hydrogens (tertiary/aromatic N) is 3. The zero-order valence-electron chi connectivity index (χ0n) is 12.4. The molecule has 110 valence electrons. The van der Waals surface area contributed by atoms with Crippen LogP contribution in [0.5, 0.6) is 0 Å². The molecule has 2 heterocycles. The minimum atomic E-state index is -1.44. The van der Waals surface area contributed by atoms with Crippen LogP contribution in [0.15, 0.2) is 15.9 Å². The number of imidazole rings is 1. The molecule has 0 aromatic carbocycles. The van der Waals surface area contributed by atoms with Crippen LogP contribution in [0, 0.1) is 0 Å². The summed E-state index contributed by atoms with van der Waals surface area (Å²) in [5.74, 6) is 0. The van der Waals surface area contributed by atoms with Gasteiger partial charge in [0.2, 0.25) is 0 Å². The maximum absolute atomic E-state index is 11.9. The monoisotopic (exact) mass is 296 g/mol. The number of H-pyrrole nitrogens is 1. The second-order valence-corrected chi connectivity index (χ2v) is 11.6. The van der Waals surface area contributed by atoms with E-state index < -0.39 is 19.3 Å². The van der Waals surface area contributed by atoms with E-state index in [0.717, 1.165) is 0 Å². The van der Waals surface area contributed by atoms with Gasteiger partial charge in [-0.15, -0.1) is 0 Å². The SMILES string of the molecule is CC(OCn1c(=O)[nH]c(=O)c2c1ncn2C)[Si](C)(C)C. The maximum Gasteiger partial charge on any atom is 0.332 e. The minimum absolute atomic E-state index is 0.0918. The van der Waals surface area contributed by atoms with E-state index in [9.17, 15) is 9.59 Å². The third-order valence-electron chi connectivity index (χ3n) is 3.53. The lowest BCUT2D eigenvalue weighted by molar-refractivity contribution is 0.0561. The van der Waals surface area contributed by atoms with Crippen molar-refractivity contribution in [3.8, 4) is 0 Å². The van der Waals surface area contributed by atoms with Crippen LogP contribution in [0.1, 0.15) is 6.92 Å². The molecule has 0 radical (unpaired) electrons. The smallest absolute Gasteiger partial charge is 0.332 e. The van der Waals surface area contributed by atoms with Gasteiger partial charge in [0.1, 0.15) is 6.73 Å². The average molecular weight is 296 g/mol. The summed E-state index contributed by atoms with van der Waals surface area (Å²) in [6.07, 6.45) is 1.51. The standard InChI is InChI=1S/C12H20N4O3Si/c1-8(20(3,4)5)19-7-16-10-9(15(2)6-13-10)11(17)14-12(16)18/h6,8H,7H2,1-5H3,(H,14,17,18). The Morgan fingerprint density at radius 1 is 1.40 bits per heavy atom. The number of ether oxygens (including phenoxy) is 1. The Bertz CT molecular complexity index is 738. The van der Waals surface area contributed by atoms with Crippen molar-refractivity contribution < 1.29 is 4.74 Å². The van der Waals surface area contributed by atoms with Gasteiger partial charge in [-0.2, -0.15) is 0 Å². The first kappa shape index (κ1) is 14.7. The molecule has 1 unspecified atom stereocenters. The van der Waals surface area contributed by atoms with Gasteiger partial charge in [-0.1, -0.05) is 19.6 Å². The normalized spacial score (nSPS) is 13.8. The van der Waals surface area contributed by atoms with Crippen LogP contribution in [0.2, 0.25) is 19.6 Å². The molecule has 2 rings (SSSR count). The molecule has 0 aliphatic heterocycles. The first-order valence-corrected chi connectivity index (χ1v) is 10.1. The first-order valence-electron chi connectivity index (χ1n) is 6.47. The highest BCUT2D eigenvalue weighted by Gasteiger charge is 2.23. The maximum atomic E-state index is 11.9. The van der Waals surface area contributed by atoms with Crippen molar-refractivity contribution in [3.05, 3.63) is 27.2 Å². The van der Waals surface area contributed by atoms with Crippen LogP contribution < -0.4 is 11.2 Å². The molecule has 2 aromatic rings. The van der Waals surface area contributed by atoms with Crippen LogP contribution in [0.3, 0.4) is 0 Å². The fourth-order valence-corrected chi connectivity index (χ4v) is 2.33. The Balaban J connectivity index is 2.41. The second-order valence-electron chi connectivity index (χ2n) is 6.02. The topological polar surface area (TPSA) is 81.9 Å². The summed E-state index contributed by atoms with van der Waals surface area (Å²) >= 11 is 0. The number of rotatable bonds is 4. The summed E-state index contributed by atoms with van der Waals surface area (Å²) in [7, 11) is 0.273. The fourth-order valence-electron chi connectivity index (χ4n) is 1.75. The number of hydrogen-bond donors (Lipinski definition) is 1. The van der Waals surface area contributed by atoms with Crippen molar-refractivity contribution in [1.29, 1.82) is 0 Å². The molecule has 7 nitrogen and oxygen atoms in total. The van der Waals surface area contributed by atoms with Gasteiger partial charge in [0.05, 0.1) is 14.4 Å². The highest BCUT2D eigenvalue weighted by atomic mass is 28.3. The van der Waals surface area contributed by atoms with Gasteiger partial charge in [0.25, 0.3) is 5.56 Å². The van der Waals surface area contributed by atoms with Crippen molar-refractivity contribution in [2.75, 3.05) is 0 Å². The van der Waals surface area contributed by atoms with Crippen molar-refractivity contribution >= 4 is 19.2 Å². The lowest BCUT2D eigenvalue weighted by Gasteiger charge is -2.25. The van der Waals surface area contributed by atoms with Gasteiger partial charge in [0.15, 0.2) is 11.2 Å². The van der Waals surface area contributed by atoms with Gasteiger partial charge in [0, 0.05) is 12.8 Å². The molecule has 1 atom stereocenters. The summed E-state index contributed by atoms with van der Waals surface area (Å²) in [4.78, 5) is 30.1. The Morgan fingerprint density at radius 2 is 2.05 bits per heavy atom. The Morgan fingerprint density at radius 3 is 2.65 bits per heavy atom. The number of aromatic nitrogens is 4. The van der Waals surface area contributed by atoms with Gasteiger partial charge < -0.3 is 9.30 Å². The number of aryl methyl sites for hydroxylation is 1. The summed E-state index contributed by atoms with van der Waals surface area (Å²) in [5.41, 5.74) is -0.110. The third-order valence-corrected chi connectivity index (χ3v) is 6.13. The number of nitrogens with one attached hydrogen (secondary N) is 1. The Hall–Kier alpha value is -1.67. The molecule has 0 aliphatic carbocycles. The summed E-state index contributed by atoms with van der Waals surface area (Å²) in [5, 5.41) is 0. The Labute approximate surface area is 117 Å². The zero-order chi connectivity index (χ0) is 15.1. The molecule has 0 saturated heterocycles. The molecule has 0 amide bonds. The predicted octanol–water partition coefficient (Wildman–Crippen LogP) is 0.663. The van der Waals surface area contributed by atoms with Crippen molar-refractivity contribution in [3.63, 3.8) is 0 Å². The predicted molar refractivity (Wildman–Crippen MR) is 79.5 cm³/mol. The average Bonchev–Trinajstić information content (AvgIpc) is 2.69. The number of fused-ring (bicyclic) bond motifs is 1. The molecule has 20 heavy (non-hydrogen) atoms. The second kappa shape index (κ2) is 5.02. The first-order chi connectivity index (χ1) is 9.21. The van der Waals surface area contributed by atoms with Crippen LogP contribution >= 0.6 is 0 Å². The van der Waals surface area contributed by atoms with Crippen LogP contribution in [0.25, 0.3) is 11.2 Å². The minimum Gasteiger partial charge on any atom is -0.361 e. The van der Waals surface area contributed by atoms with Crippen molar-refractivity contribution in [2.45, 2.75) is 39.0 Å². The van der Waals surface area contributed by atoms with E-state index in [4.69, 9.17) is 4.74 Å². The molecule has 2 aromatic heterocycles. The molecule has 0 saturated carbocycles. The highest BCUT2D eigenvalue weighted by molar-refractivity contribution is 6.77. The van der Waals surface area contributed by atoms with E-state index in [1.165, 1.54) is 10.9 Å². The van der Waals surface area contributed by atoms with Crippen molar-refractivity contribution in [1.82, 2.24) is 19.1 Å². The molecule has 1 N–H and O–H groups in total. The largest absolute Gasteiger partial charge is 0.361 e. The lowest BCUT2D eigenvalue weighted by atomic mass is 10.5. The fraction of sp³-hybridized carbons (Fsp3) is 0.583. The molecule has 0 spiro atoms. The third kappa shape index (κ3) is 2.61. The van der Waals surface area contributed by atoms with E-state index in [0.29, 0.717) is 11.2 Å². The Kier molecular flexibility index (Phi) is 3.70. The molecular weight excluding hydrogens is 276 g/mol. The quantitative estimate of drug-likeness (QED) is 0.840.